The van der Waals surface area contributed by atoms with E-state index in [0.29, 0.717) is 23.1 Å². The molecule has 4 aromatic rings. The lowest BCUT2D eigenvalue weighted by Crippen LogP contribution is -2.24. The average Bonchev–Trinajstić information content (AvgIpc) is 3.17. The summed E-state index contributed by atoms with van der Waals surface area (Å²) in [5.41, 5.74) is 3.65. The number of nitrogens with zero attached hydrogens (tertiary/aromatic N) is 1. The summed E-state index contributed by atoms with van der Waals surface area (Å²) in [5.74, 6) is 0.769. The lowest BCUT2D eigenvalue weighted by molar-refractivity contribution is 0.0951. The quantitative estimate of drug-likeness (QED) is 0.355. The molecular formula is C28H30N2O4S. The number of ether oxygens (including phenoxy) is 1. The Morgan fingerprint density at radius 2 is 1.66 bits per heavy atom. The third kappa shape index (κ3) is 4.52. The van der Waals surface area contributed by atoms with Crippen molar-refractivity contribution in [3.63, 3.8) is 0 Å². The van der Waals surface area contributed by atoms with Gasteiger partial charge in [-0.15, -0.1) is 0 Å². The molecule has 1 aliphatic carbocycles. The smallest absolute Gasteiger partial charge is 0.251 e. The first-order valence-corrected chi connectivity index (χ1v) is 13.9. The van der Waals surface area contributed by atoms with E-state index in [1.165, 1.54) is 6.42 Å². The van der Waals surface area contributed by atoms with Gasteiger partial charge in [-0.2, -0.15) is 0 Å². The van der Waals surface area contributed by atoms with Gasteiger partial charge in [0.1, 0.15) is 5.75 Å². The van der Waals surface area contributed by atoms with Gasteiger partial charge < -0.3 is 14.6 Å². The molecule has 1 amide bonds. The molecule has 0 saturated heterocycles. The van der Waals surface area contributed by atoms with Crippen LogP contribution in [0.15, 0.2) is 65.6 Å². The molecule has 0 unspecified atom stereocenters. The molecular weight excluding hydrogens is 460 g/mol. The minimum absolute atomic E-state index is 0.0637. The topological polar surface area (TPSA) is 77.4 Å². The third-order valence-corrected chi connectivity index (χ3v) is 8.64. The maximum atomic E-state index is 13.0. The molecule has 5 rings (SSSR count). The van der Waals surface area contributed by atoms with Gasteiger partial charge in [-0.3, -0.25) is 4.79 Å². The second kappa shape index (κ2) is 9.38. The third-order valence-electron chi connectivity index (χ3n) is 6.89. The van der Waals surface area contributed by atoms with Gasteiger partial charge in [0, 0.05) is 40.5 Å². The van der Waals surface area contributed by atoms with Crippen molar-refractivity contribution in [1.29, 1.82) is 0 Å². The Balaban J connectivity index is 1.39. The molecule has 1 N–H and O–H groups in total. The number of carbonyl (C=O) groups is 1. The van der Waals surface area contributed by atoms with Crippen LogP contribution in [-0.4, -0.2) is 30.7 Å². The van der Waals surface area contributed by atoms with Gasteiger partial charge in [-0.05, 0) is 80.3 Å². The Morgan fingerprint density at radius 3 is 2.29 bits per heavy atom. The van der Waals surface area contributed by atoms with Crippen LogP contribution in [-0.2, 0) is 22.9 Å². The van der Waals surface area contributed by atoms with Crippen molar-refractivity contribution in [2.75, 3.05) is 5.75 Å². The van der Waals surface area contributed by atoms with Crippen LogP contribution < -0.4 is 10.1 Å². The van der Waals surface area contributed by atoms with Gasteiger partial charge in [0.2, 0.25) is 0 Å². The van der Waals surface area contributed by atoms with Crippen LogP contribution in [0.2, 0.25) is 0 Å². The van der Waals surface area contributed by atoms with E-state index in [2.05, 4.69) is 28.9 Å². The number of hydrogen-bond acceptors (Lipinski definition) is 4. The van der Waals surface area contributed by atoms with Crippen molar-refractivity contribution in [1.82, 2.24) is 9.88 Å². The molecule has 1 fully saturated rings. The Kier molecular flexibility index (Phi) is 6.28. The summed E-state index contributed by atoms with van der Waals surface area (Å²) in [7, 11) is -3.23. The Bertz CT molecular complexity index is 1500. The summed E-state index contributed by atoms with van der Waals surface area (Å²) >= 11 is 0. The van der Waals surface area contributed by atoms with Crippen LogP contribution in [0.5, 0.6) is 5.75 Å². The van der Waals surface area contributed by atoms with Crippen molar-refractivity contribution in [3.8, 4) is 5.75 Å². The fraction of sp³-hybridized carbons (Fsp3) is 0.321. The van der Waals surface area contributed by atoms with Gasteiger partial charge in [0.05, 0.1) is 16.8 Å². The molecule has 0 spiro atoms. The number of fused-ring (bicyclic) bond motifs is 3. The van der Waals surface area contributed by atoms with Crippen LogP contribution in [0, 0.1) is 0 Å². The number of aryl methyl sites for hydroxylation is 1. The highest BCUT2D eigenvalue weighted by Gasteiger charge is 2.20. The predicted octanol–water partition coefficient (Wildman–Crippen LogP) is 5.47. The van der Waals surface area contributed by atoms with E-state index in [4.69, 9.17) is 4.74 Å². The van der Waals surface area contributed by atoms with Crippen LogP contribution in [0.3, 0.4) is 0 Å². The molecule has 1 saturated carbocycles. The monoisotopic (exact) mass is 490 g/mol. The number of amides is 1. The molecule has 6 nitrogen and oxygen atoms in total. The number of sulfone groups is 1. The van der Waals surface area contributed by atoms with Crippen molar-refractivity contribution in [3.05, 3.63) is 71.8 Å². The van der Waals surface area contributed by atoms with Gasteiger partial charge in [-0.25, -0.2) is 8.42 Å². The van der Waals surface area contributed by atoms with Gasteiger partial charge in [-0.1, -0.05) is 19.1 Å². The van der Waals surface area contributed by atoms with Crippen LogP contribution >= 0.6 is 0 Å². The van der Waals surface area contributed by atoms with E-state index in [1.54, 1.807) is 31.2 Å². The predicted molar refractivity (Wildman–Crippen MR) is 139 cm³/mol. The summed E-state index contributed by atoms with van der Waals surface area (Å²) in [4.78, 5) is 13.3. The maximum absolute atomic E-state index is 13.0. The van der Waals surface area contributed by atoms with Crippen LogP contribution in [0.25, 0.3) is 21.8 Å². The second-order valence-electron chi connectivity index (χ2n) is 9.06. The number of aromatic nitrogens is 1. The summed E-state index contributed by atoms with van der Waals surface area (Å²) in [6.07, 6.45) is 3.75. The molecule has 0 atom stereocenters. The molecule has 1 aromatic heterocycles. The van der Waals surface area contributed by atoms with E-state index >= 15 is 0 Å². The summed E-state index contributed by atoms with van der Waals surface area (Å²) < 4.78 is 32.4. The molecule has 7 heteroatoms. The van der Waals surface area contributed by atoms with E-state index < -0.39 is 9.84 Å². The molecule has 1 heterocycles. The SMILES string of the molecule is CCn1c2ccc(OC3CCC3)cc2c2cc(C(=O)NCc3ccc(S(=O)(=O)CC)cc3)ccc21. The van der Waals surface area contributed by atoms with Crippen molar-refractivity contribution in [2.45, 2.75) is 57.2 Å². The van der Waals surface area contributed by atoms with Gasteiger partial charge >= 0.3 is 0 Å². The van der Waals surface area contributed by atoms with Gasteiger partial charge in [0.15, 0.2) is 9.84 Å². The van der Waals surface area contributed by atoms with Crippen molar-refractivity contribution < 1.29 is 17.9 Å². The second-order valence-corrected chi connectivity index (χ2v) is 11.3. The van der Waals surface area contributed by atoms with E-state index in [-0.39, 0.29) is 11.7 Å². The van der Waals surface area contributed by atoms with Gasteiger partial charge in [0.25, 0.3) is 5.91 Å². The molecule has 0 aliphatic heterocycles. The Hall–Kier alpha value is -3.32. The highest BCUT2D eigenvalue weighted by Crippen LogP contribution is 2.34. The lowest BCUT2D eigenvalue weighted by atomic mass is 9.96. The molecule has 3 aromatic carbocycles. The average molecular weight is 491 g/mol. The minimum Gasteiger partial charge on any atom is -0.490 e. The first-order chi connectivity index (χ1) is 16.9. The van der Waals surface area contributed by atoms with E-state index in [0.717, 1.165) is 52.5 Å². The van der Waals surface area contributed by atoms with Crippen molar-refractivity contribution >= 4 is 37.6 Å². The van der Waals surface area contributed by atoms with Crippen LogP contribution in [0.4, 0.5) is 0 Å². The zero-order chi connectivity index (χ0) is 24.6. The Morgan fingerprint density at radius 1 is 0.971 bits per heavy atom. The zero-order valence-corrected chi connectivity index (χ0v) is 20.9. The lowest BCUT2D eigenvalue weighted by Gasteiger charge is -2.26. The normalized spacial score (nSPS) is 14.2. The molecule has 35 heavy (non-hydrogen) atoms. The number of nitrogens with one attached hydrogen (secondary N) is 1. The fourth-order valence-electron chi connectivity index (χ4n) is 4.59. The number of benzene rings is 3. The first kappa shape index (κ1) is 23.4. The Labute approximate surface area is 205 Å². The molecule has 182 valence electrons. The number of hydrogen-bond donors (Lipinski definition) is 1. The van der Waals surface area contributed by atoms with E-state index in [9.17, 15) is 13.2 Å². The maximum Gasteiger partial charge on any atom is 0.251 e. The number of rotatable bonds is 8. The number of carbonyl (C=O) groups excluding carboxylic acids is 1. The minimum atomic E-state index is -3.23. The standard InChI is InChI=1S/C28H30N2O4S/c1-3-30-26-14-10-20(28(31)29-18-19-8-12-23(13-9-19)35(32,33)4-2)16-24(26)25-17-22(11-15-27(25)30)34-21-6-5-7-21/h8-17,21H,3-7,18H2,1-2H3,(H,29,31). The first-order valence-electron chi connectivity index (χ1n) is 12.2. The highest BCUT2D eigenvalue weighted by molar-refractivity contribution is 7.91. The van der Waals surface area contributed by atoms with Crippen molar-refractivity contribution in [2.24, 2.45) is 0 Å². The largest absolute Gasteiger partial charge is 0.490 e. The van der Waals surface area contributed by atoms with E-state index in [1.807, 2.05) is 24.3 Å². The molecule has 0 bridgehead atoms. The zero-order valence-electron chi connectivity index (χ0n) is 20.1. The molecule has 1 aliphatic rings. The molecule has 0 radical (unpaired) electrons. The summed E-state index contributed by atoms with van der Waals surface area (Å²) in [5, 5.41) is 5.07. The summed E-state index contributed by atoms with van der Waals surface area (Å²) in [6.45, 7) is 4.90. The van der Waals surface area contributed by atoms with Crippen LogP contribution in [0.1, 0.15) is 49.0 Å². The fourth-order valence-corrected chi connectivity index (χ4v) is 5.47. The highest BCUT2D eigenvalue weighted by atomic mass is 32.2. The summed E-state index contributed by atoms with van der Waals surface area (Å²) in [6, 6.07) is 18.7.